The van der Waals surface area contributed by atoms with Crippen molar-refractivity contribution in [3.63, 3.8) is 0 Å². The molecule has 0 saturated heterocycles. The normalized spacial score (nSPS) is 11.6. The SMILES string of the molecule is CC(C)Cc1ccc(/C=C/OC(=O)O/C=C/c2ccc(CC(C)C)cc2)cc1. The fraction of sp³-hybridized carbons (Fsp3) is 0.320. The number of carbonyl (C=O) groups is 1. The van der Waals surface area contributed by atoms with Gasteiger partial charge in [-0.2, -0.15) is 0 Å². The number of benzene rings is 2. The van der Waals surface area contributed by atoms with E-state index in [2.05, 4.69) is 52.0 Å². The van der Waals surface area contributed by atoms with Gasteiger partial charge in [0.2, 0.25) is 0 Å². The lowest BCUT2D eigenvalue weighted by atomic mass is 10.0. The second-order valence-electron chi connectivity index (χ2n) is 7.77. The topological polar surface area (TPSA) is 35.5 Å². The molecule has 0 fully saturated rings. The van der Waals surface area contributed by atoms with E-state index in [-0.39, 0.29) is 0 Å². The molecule has 3 nitrogen and oxygen atoms in total. The van der Waals surface area contributed by atoms with Crippen LogP contribution in [0, 0.1) is 11.8 Å². The Morgan fingerprint density at radius 1 is 0.714 bits per heavy atom. The third kappa shape index (κ3) is 8.26. The van der Waals surface area contributed by atoms with Crippen molar-refractivity contribution in [1.82, 2.24) is 0 Å². The van der Waals surface area contributed by atoms with Crippen molar-refractivity contribution in [2.75, 3.05) is 0 Å². The lowest BCUT2D eigenvalue weighted by Crippen LogP contribution is -1.97. The first-order valence-electron chi connectivity index (χ1n) is 9.80. The van der Waals surface area contributed by atoms with Crippen LogP contribution in [0.1, 0.15) is 49.9 Å². The van der Waals surface area contributed by atoms with Crippen LogP contribution in [-0.2, 0) is 22.3 Å². The monoisotopic (exact) mass is 378 g/mol. The van der Waals surface area contributed by atoms with E-state index in [0.29, 0.717) is 11.8 Å². The quantitative estimate of drug-likeness (QED) is 0.371. The van der Waals surface area contributed by atoms with Gasteiger partial charge in [0, 0.05) is 0 Å². The Morgan fingerprint density at radius 2 is 1.07 bits per heavy atom. The van der Waals surface area contributed by atoms with Crippen LogP contribution < -0.4 is 0 Å². The zero-order valence-electron chi connectivity index (χ0n) is 17.2. The predicted octanol–water partition coefficient (Wildman–Crippen LogP) is 6.88. The molecule has 148 valence electrons. The van der Waals surface area contributed by atoms with Crippen molar-refractivity contribution < 1.29 is 14.3 Å². The van der Waals surface area contributed by atoms with Gasteiger partial charge in [0.15, 0.2) is 0 Å². The van der Waals surface area contributed by atoms with Crippen LogP contribution in [0.2, 0.25) is 0 Å². The predicted molar refractivity (Wildman–Crippen MR) is 116 cm³/mol. The van der Waals surface area contributed by atoms with Gasteiger partial charge in [-0.05, 0) is 59.1 Å². The molecule has 0 aromatic heterocycles. The minimum absolute atomic E-state index is 0.630. The fourth-order valence-electron chi connectivity index (χ4n) is 2.84. The van der Waals surface area contributed by atoms with Crippen molar-refractivity contribution in [1.29, 1.82) is 0 Å². The Kier molecular flexibility index (Phi) is 8.54. The minimum Gasteiger partial charge on any atom is -0.403 e. The zero-order valence-corrected chi connectivity index (χ0v) is 17.2. The summed E-state index contributed by atoms with van der Waals surface area (Å²) in [7, 11) is 0. The van der Waals surface area contributed by atoms with Crippen molar-refractivity contribution in [2.24, 2.45) is 11.8 Å². The molecule has 2 rings (SSSR count). The Hall–Kier alpha value is -2.81. The molecule has 0 amide bonds. The third-order valence-corrected chi connectivity index (χ3v) is 4.10. The first-order chi connectivity index (χ1) is 13.4. The Balaban J connectivity index is 1.76. The van der Waals surface area contributed by atoms with Gasteiger partial charge in [0.1, 0.15) is 0 Å². The first kappa shape index (κ1) is 21.5. The van der Waals surface area contributed by atoms with Crippen molar-refractivity contribution in [3.8, 4) is 0 Å². The van der Waals surface area contributed by atoms with E-state index in [0.717, 1.165) is 24.0 Å². The van der Waals surface area contributed by atoms with Crippen LogP contribution in [0.15, 0.2) is 61.1 Å². The number of hydrogen-bond acceptors (Lipinski definition) is 3. The summed E-state index contributed by atoms with van der Waals surface area (Å²) in [5.41, 5.74) is 4.54. The van der Waals surface area contributed by atoms with E-state index in [4.69, 9.17) is 9.47 Å². The fourth-order valence-corrected chi connectivity index (χ4v) is 2.84. The first-order valence-corrected chi connectivity index (χ1v) is 9.80. The maximum absolute atomic E-state index is 11.6. The van der Waals surface area contributed by atoms with Gasteiger partial charge < -0.3 is 9.47 Å². The summed E-state index contributed by atoms with van der Waals surface area (Å²) in [6.45, 7) is 8.79. The average molecular weight is 379 g/mol. The lowest BCUT2D eigenvalue weighted by Gasteiger charge is -2.05. The summed E-state index contributed by atoms with van der Waals surface area (Å²) in [6.07, 6.45) is 7.50. The minimum atomic E-state index is -0.764. The summed E-state index contributed by atoms with van der Waals surface area (Å²) in [6, 6.07) is 16.4. The lowest BCUT2D eigenvalue weighted by molar-refractivity contribution is 0.121. The molecule has 3 heteroatoms. The maximum Gasteiger partial charge on any atom is 0.518 e. The summed E-state index contributed by atoms with van der Waals surface area (Å²) in [5.74, 6) is 1.26. The number of carbonyl (C=O) groups excluding carboxylic acids is 1. The molecule has 0 spiro atoms. The molecule has 0 aliphatic heterocycles. The molecule has 0 bridgehead atoms. The molecule has 2 aromatic carbocycles. The van der Waals surface area contributed by atoms with Crippen molar-refractivity contribution >= 4 is 18.3 Å². The molecule has 0 N–H and O–H groups in total. The van der Waals surface area contributed by atoms with Gasteiger partial charge >= 0.3 is 6.16 Å². The zero-order chi connectivity index (χ0) is 20.4. The van der Waals surface area contributed by atoms with Gasteiger partial charge in [-0.25, -0.2) is 4.79 Å². The molecule has 0 saturated carbocycles. The van der Waals surface area contributed by atoms with Crippen LogP contribution in [0.3, 0.4) is 0 Å². The van der Waals surface area contributed by atoms with E-state index in [9.17, 15) is 4.79 Å². The highest BCUT2D eigenvalue weighted by Crippen LogP contribution is 2.12. The Labute approximate surface area is 168 Å². The van der Waals surface area contributed by atoms with Crippen LogP contribution in [0.4, 0.5) is 4.79 Å². The number of hydrogen-bond donors (Lipinski definition) is 0. The van der Waals surface area contributed by atoms with Gasteiger partial charge in [-0.15, -0.1) is 0 Å². The molecule has 0 aliphatic rings. The highest BCUT2D eigenvalue weighted by molar-refractivity contribution is 5.64. The van der Waals surface area contributed by atoms with Crippen LogP contribution in [0.5, 0.6) is 0 Å². The second kappa shape index (κ2) is 11.1. The highest BCUT2D eigenvalue weighted by Gasteiger charge is 2.00. The molecular formula is C25H30O3. The molecule has 0 radical (unpaired) electrons. The highest BCUT2D eigenvalue weighted by atomic mass is 16.7. The molecule has 2 aromatic rings. The van der Waals surface area contributed by atoms with Crippen molar-refractivity contribution in [3.05, 3.63) is 83.3 Å². The summed E-state index contributed by atoms with van der Waals surface area (Å²) < 4.78 is 9.90. The van der Waals surface area contributed by atoms with Crippen molar-refractivity contribution in [2.45, 2.75) is 40.5 Å². The van der Waals surface area contributed by atoms with Crippen LogP contribution in [-0.4, -0.2) is 6.16 Å². The molecule has 0 heterocycles. The largest absolute Gasteiger partial charge is 0.518 e. The van der Waals surface area contributed by atoms with Gasteiger partial charge in [0.25, 0.3) is 0 Å². The van der Waals surface area contributed by atoms with E-state index in [1.807, 2.05) is 24.3 Å². The molecule has 0 aliphatic carbocycles. The molecule has 0 atom stereocenters. The van der Waals surface area contributed by atoms with Crippen LogP contribution in [0.25, 0.3) is 12.2 Å². The number of ether oxygens (including phenoxy) is 2. The Bertz CT molecular complexity index is 714. The summed E-state index contributed by atoms with van der Waals surface area (Å²) in [5, 5.41) is 0. The van der Waals surface area contributed by atoms with Gasteiger partial charge in [-0.3, -0.25) is 0 Å². The van der Waals surface area contributed by atoms with E-state index < -0.39 is 6.16 Å². The van der Waals surface area contributed by atoms with Gasteiger partial charge in [-0.1, -0.05) is 76.2 Å². The van der Waals surface area contributed by atoms with Gasteiger partial charge in [0.05, 0.1) is 12.5 Å². The molecule has 0 unspecified atom stereocenters. The molecular weight excluding hydrogens is 348 g/mol. The smallest absolute Gasteiger partial charge is 0.403 e. The number of rotatable bonds is 8. The molecule has 28 heavy (non-hydrogen) atoms. The standard InChI is InChI=1S/C25H30O3/c1-19(2)17-23-9-5-21(6-10-23)13-15-27-25(26)28-16-14-22-7-11-24(12-8-22)18-20(3)4/h5-16,19-20H,17-18H2,1-4H3/b15-13+,16-14+. The average Bonchev–Trinajstić information content (AvgIpc) is 2.64. The maximum atomic E-state index is 11.6. The van der Waals surface area contributed by atoms with Crippen LogP contribution >= 0.6 is 0 Å². The third-order valence-electron chi connectivity index (χ3n) is 4.10. The Morgan fingerprint density at radius 3 is 1.39 bits per heavy atom. The van der Waals surface area contributed by atoms with E-state index >= 15 is 0 Å². The van der Waals surface area contributed by atoms with E-state index in [1.165, 1.54) is 23.7 Å². The summed E-state index contributed by atoms with van der Waals surface area (Å²) >= 11 is 0. The van der Waals surface area contributed by atoms with E-state index in [1.54, 1.807) is 12.2 Å². The summed E-state index contributed by atoms with van der Waals surface area (Å²) in [4.78, 5) is 11.6. The second-order valence-corrected chi connectivity index (χ2v) is 7.77.